The van der Waals surface area contributed by atoms with E-state index in [1.165, 1.54) is 0 Å². The van der Waals surface area contributed by atoms with Crippen LogP contribution >= 0.6 is 15.9 Å². The number of nitrogens with zero attached hydrogens (tertiary/aromatic N) is 4. The molecule has 0 aliphatic carbocycles. The van der Waals surface area contributed by atoms with Gasteiger partial charge in [-0.25, -0.2) is 9.97 Å². The van der Waals surface area contributed by atoms with Crippen molar-refractivity contribution in [2.75, 3.05) is 19.5 Å². The van der Waals surface area contributed by atoms with E-state index < -0.39 is 0 Å². The van der Waals surface area contributed by atoms with E-state index in [0.29, 0.717) is 23.4 Å². The number of hydrogen-bond donors (Lipinski definition) is 1. The Kier molecular flexibility index (Phi) is 4.75. The largest absolute Gasteiger partial charge is 0.497 e. The van der Waals surface area contributed by atoms with E-state index in [1.54, 1.807) is 32.8 Å². The molecule has 0 spiro atoms. The predicted octanol–water partition coefficient (Wildman–Crippen LogP) is 4.15. The summed E-state index contributed by atoms with van der Waals surface area (Å²) >= 11 is 3.45. The van der Waals surface area contributed by atoms with E-state index >= 15 is 0 Å². The summed E-state index contributed by atoms with van der Waals surface area (Å²) in [6.45, 7) is 0.506. The number of nitriles is 1. The van der Waals surface area contributed by atoms with E-state index in [-0.39, 0.29) is 0 Å². The van der Waals surface area contributed by atoms with Crippen LogP contribution in [0.2, 0.25) is 0 Å². The van der Waals surface area contributed by atoms with Gasteiger partial charge in [0.05, 0.1) is 43.3 Å². The summed E-state index contributed by atoms with van der Waals surface area (Å²) in [6.07, 6.45) is 3.41. The highest BCUT2D eigenvalue weighted by molar-refractivity contribution is 9.10. The molecule has 140 valence electrons. The zero-order valence-corrected chi connectivity index (χ0v) is 16.8. The number of imidazole rings is 1. The lowest BCUT2D eigenvalue weighted by molar-refractivity contribution is 0.391. The van der Waals surface area contributed by atoms with Crippen LogP contribution in [-0.4, -0.2) is 28.6 Å². The lowest BCUT2D eigenvalue weighted by Gasteiger charge is -2.14. The van der Waals surface area contributed by atoms with Gasteiger partial charge in [0.25, 0.3) is 0 Å². The monoisotopic (exact) mass is 437 g/mol. The van der Waals surface area contributed by atoms with Gasteiger partial charge in [-0.05, 0) is 24.3 Å². The Bertz CT molecular complexity index is 1230. The van der Waals surface area contributed by atoms with Crippen molar-refractivity contribution >= 4 is 38.3 Å². The van der Waals surface area contributed by atoms with Gasteiger partial charge in [0, 0.05) is 22.6 Å². The molecular formula is C20H16BrN5O2. The molecule has 1 N–H and O–H groups in total. The summed E-state index contributed by atoms with van der Waals surface area (Å²) in [4.78, 5) is 8.97. The zero-order valence-electron chi connectivity index (χ0n) is 15.2. The Hall–Kier alpha value is -3.31. The van der Waals surface area contributed by atoms with E-state index in [4.69, 9.17) is 14.5 Å². The van der Waals surface area contributed by atoms with Crippen LogP contribution in [0.25, 0.3) is 16.6 Å². The average Bonchev–Trinajstić information content (AvgIpc) is 3.20. The number of hydrogen-bond acceptors (Lipinski definition) is 6. The van der Waals surface area contributed by atoms with Crippen LogP contribution in [0.4, 0.5) is 5.82 Å². The first-order chi connectivity index (χ1) is 13.6. The second-order valence-corrected chi connectivity index (χ2v) is 6.99. The molecule has 0 aliphatic heterocycles. The van der Waals surface area contributed by atoms with Crippen LogP contribution < -0.4 is 14.8 Å². The number of ether oxygens (including phenoxy) is 2. The third kappa shape index (κ3) is 3.10. The lowest BCUT2D eigenvalue weighted by Crippen LogP contribution is -2.06. The maximum Gasteiger partial charge on any atom is 0.153 e. The van der Waals surface area contributed by atoms with Gasteiger partial charge in [-0.15, -0.1) is 0 Å². The second kappa shape index (κ2) is 7.37. The lowest BCUT2D eigenvalue weighted by atomic mass is 10.1. The van der Waals surface area contributed by atoms with Crippen molar-refractivity contribution in [2.45, 2.75) is 6.54 Å². The Morgan fingerprint density at radius 1 is 1.21 bits per heavy atom. The van der Waals surface area contributed by atoms with Gasteiger partial charge in [-0.1, -0.05) is 15.9 Å². The summed E-state index contributed by atoms with van der Waals surface area (Å²) in [5.74, 6) is 2.13. The molecule has 0 saturated heterocycles. The highest BCUT2D eigenvalue weighted by Crippen LogP contribution is 2.29. The molecule has 0 atom stereocenters. The smallest absolute Gasteiger partial charge is 0.153 e. The topological polar surface area (TPSA) is 84.5 Å². The van der Waals surface area contributed by atoms with Crippen molar-refractivity contribution in [1.29, 1.82) is 5.26 Å². The van der Waals surface area contributed by atoms with Crippen molar-refractivity contribution in [2.24, 2.45) is 0 Å². The van der Waals surface area contributed by atoms with Gasteiger partial charge in [0.1, 0.15) is 23.1 Å². The molecule has 0 saturated carbocycles. The van der Waals surface area contributed by atoms with Crippen molar-refractivity contribution in [3.8, 4) is 17.6 Å². The first-order valence-corrected chi connectivity index (χ1v) is 9.24. The number of rotatable bonds is 5. The van der Waals surface area contributed by atoms with Crippen molar-refractivity contribution in [3.63, 3.8) is 0 Å². The molecule has 2 aromatic heterocycles. The first kappa shape index (κ1) is 18.1. The number of aromatic nitrogens is 3. The number of fused-ring (bicyclic) bond motifs is 3. The van der Waals surface area contributed by atoms with Gasteiger partial charge < -0.3 is 14.8 Å². The molecule has 28 heavy (non-hydrogen) atoms. The molecule has 4 aromatic rings. The molecule has 0 fully saturated rings. The summed E-state index contributed by atoms with van der Waals surface area (Å²) in [6, 6.07) is 11.6. The summed E-state index contributed by atoms with van der Waals surface area (Å²) in [7, 11) is 3.25. The minimum atomic E-state index is 0.506. The van der Waals surface area contributed by atoms with Gasteiger partial charge in [-0.3, -0.25) is 4.40 Å². The number of nitrogens with one attached hydrogen (secondary N) is 1. The number of anilines is 1. The minimum absolute atomic E-state index is 0.506. The molecule has 2 aromatic carbocycles. The Morgan fingerprint density at radius 2 is 2.07 bits per heavy atom. The molecule has 0 unspecified atom stereocenters. The highest BCUT2D eigenvalue weighted by atomic mass is 79.9. The highest BCUT2D eigenvalue weighted by Gasteiger charge is 2.14. The fourth-order valence-corrected chi connectivity index (χ4v) is 3.59. The number of methoxy groups -OCH3 is 2. The van der Waals surface area contributed by atoms with Gasteiger partial charge in [-0.2, -0.15) is 5.26 Å². The van der Waals surface area contributed by atoms with Gasteiger partial charge in [0.2, 0.25) is 0 Å². The molecular weight excluding hydrogens is 422 g/mol. The Balaban J connectivity index is 1.77. The Labute approximate surface area is 169 Å². The molecule has 0 aliphatic rings. The molecule has 0 radical (unpaired) electrons. The van der Waals surface area contributed by atoms with Crippen LogP contribution in [0.3, 0.4) is 0 Å². The zero-order chi connectivity index (χ0) is 19.7. The summed E-state index contributed by atoms with van der Waals surface area (Å²) in [5.41, 5.74) is 3.71. The van der Waals surface area contributed by atoms with Crippen molar-refractivity contribution in [1.82, 2.24) is 14.4 Å². The normalized spacial score (nSPS) is 10.8. The molecule has 4 rings (SSSR count). The minimum Gasteiger partial charge on any atom is -0.497 e. The maximum atomic E-state index is 9.51. The standard InChI is InChI=1S/C20H16BrN5O2/c1-27-15-4-3-12(18(7-15)28-2)9-24-20-17-10-23-11-26(17)19-13(8-22)5-14(21)6-16(19)25-20/h3-7,10-11H,9H2,1-2H3,(H,24,25). The van der Waals surface area contributed by atoms with Crippen molar-refractivity contribution in [3.05, 3.63) is 58.5 Å². The van der Waals surface area contributed by atoms with E-state index in [1.807, 2.05) is 28.7 Å². The third-order valence-corrected chi connectivity index (χ3v) is 4.93. The van der Waals surface area contributed by atoms with Crippen LogP contribution in [0, 0.1) is 11.3 Å². The van der Waals surface area contributed by atoms with Crippen molar-refractivity contribution < 1.29 is 9.47 Å². The SMILES string of the molecule is COc1ccc(CNc2nc3cc(Br)cc(C#N)c3n3cncc23)c(OC)c1. The summed E-state index contributed by atoms with van der Waals surface area (Å²) < 4.78 is 13.4. The first-order valence-electron chi connectivity index (χ1n) is 8.44. The number of halogens is 1. The van der Waals surface area contributed by atoms with E-state index in [0.717, 1.165) is 32.6 Å². The van der Waals surface area contributed by atoms with Crippen LogP contribution in [0.1, 0.15) is 11.1 Å². The predicted molar refractivity (Wildman–Crippen MR) is 110 cm³/mol. The van der Waals surface area contributed by atoms with Crippen LogP contribution in [0.5, 0.6) is 11.5 Å². The van der Waals surface area contributed by atoms with Crippen LogP contribution in [0.15, 0.2) is 47.3 Å². The molecule has 0 bridgehead atoms. The van der Waals surface area contributed by atoms with Gasteiger partial charge >= 0.3 is 0 Å². The fourth-order valence-electron chi connectivity index (χ4n) is 3.14. The van der Waals surface area contributed by atoms with E-state index in [9.17, 15) is 5.26 Å². The maximum absolute atomic E-state index is 9.51. The van der Waals surface area contributed by atoms with Gasteiger partial charge in [0.15, 0.2) is 5.82 Å². The van der Waals surface area contributed by atoms with Crippen LogP contribution in [-0.2, 0) is 6.54 Å². The Morgan fingerprint density at radius 3 is 2.82 bits per heavy atom. The third-order valence-electron chi connectivity index (χ3n) is 4.47. The molecule has 7 nitrogen and oxygen atoms in total. The fraction of sp³-hybridized carbons (Fsp3) is 0.150. The molecule has 0 amide bonds. The average molecular weight is 438 g/mol. The number of benzene rings is 2. The molecule has 2 heterocycles. The second-order valence-electron chi connectivity index (χ2n) is 6.07. The quantitative estimate of drug-likeness (QED) is 0.504. The molecule has 8 heteroatoms. The van der Waals surface area contributed by atoms with E-state index in [2.05, 4.69) is 32.3 Å². The summed E-state index contributed by atoms with van der Waals surface area (Å²) in [5, 5.41) is 12.9.